The number of benzene rings is 1. The lowest BCUT2D eigenvalue weighted by atomic mass is 9.97. The molecule has 1 aromatic carbocycles. The third-order valence-corrected chi connectivity index (χ3v) is 3.54. The molecular weight excluding hydrogens is 252 g/mol. The molecule has 0 radical (unpaired) electrons. The van der Waals surface area contributed by atoms with Gasteiger partial charge in [-0.1, -0.05) is 36.7 Å². The predicted molar refractivity (Wildman–Crippen MR) is 72.3 cm³/mol. The minimum absolute atomic E-state index is 0.219. The zero-order valence-corrected chi connectivity index (χ0v) is 11.4. The Morgan fingerprint density at radius 1 is 1.56 bits per heavy atom. The highest BCUT2D eigenvalue weighted by Gasteiger charge is 2.29. The molecule has 0 aliphatic rings. The average Bonchev–Trinajstić information content (AvgIpc) is 2.35. The highest BCUT2D eigenvalue weighted by molar-refractivity contribution is 6.31. The van der Waals surface area contributed by atoms with E-state index < -0.39 is 17.6 Å². The van der Waals surface area contributed by atoms with Gasteiger partial charge in [0.1, 0.15) is 0 Å². The van der Waals surface area contributed by atoms with Gasteiger partial charge in [0.2, 0.25) is 5.91 Å². The number of carbonyl (C=O) groups excluding carboxylic acids is 1. The molecule has 4 nitrogen and oxygen atoms in total. The van der Waals surface area contributed by atoms with Crippen molar-refractivity contribution in [3.05, 3.63) is 34.9 Å². The molecule has 0 saturated heterocycles. The number of β-amino-alcohol motifs (C(OH)–C–C–N with tert-alkyl or cyclic N) is 1. The molecule has 18 heavy (non-hydrogen) atoms. The number of halogens is 1. The summed E-state index contributed by atoms with van der Waals surface area (Å²) in [5.41, 5.74) is 5.14. The van der Waals surface area contributed by atoms with Crippen molar-refractivity contribution in [2.24, 2.45) is 5.73 Å². The van der Waals surface area contributed by atoms with E-state index in [2.05, 4.69) is 5.32 Å². The van der Waals surface area contributed by atoms with Gasteiger partial charge in [-0.05, 0) is 19.4 Å². The molecule has 2 unspecified atom stereocenters. The summed E-state index contributed by atoms with van der Waals surface area (Å²) in [6, 6.07) is 7.07. The Labute approximate surface area is 112 Å². The molecule has 1 amide bonds. The summed E-state index contributed by atoms with van der Waals surface area (Å²) in [4.78, 5) is 11.3. The van der Waals surface area contributed by atoms with Crippen LogP contribution in [-0.2, 0) is 4.79 Å². The molecule has 2 atom stereocenters. The lowest BCUT2D eigenvalue weighted by Crippen LogP contribution is -2.53. The van der Waals surface area contributed by atoms with E-state index in [0.717, 1.165) is 0 Å². The van der Waals surface area contributed by atoms with Crippen LogP contribution in [0.25, 0.3) is 0 Å². The van der Waals surface area contributed by atoms with Crippen molar-refractivity contribution in [3.63, 3.8) is 0 Å². The number of nitrogens with two attached hydrogens (primary N) is 1. The van der Waals surface area contributed by atoms with Crippen molar-refractivity contribution in [2.45, 2.75) is 31.9 Å². The SMILES string of the molecule is CCC(C)(NCC(O)c1ccccc1Cl)C(N)=O. The van der Waals surface area contributed by atoms with Gasteiger partial charge < -0.3 is 16.2 Å². The fourth-order valence-electron chi connectivity index (χ4n) is 1.56. The van der Waals surface area contributed by atoms with Gasteiger partial charge in [-0.25, -0.2) is 0 Å². The van der Waals surface area contributed by atoms with Crippen LogP contribution in [0, 0.1) is 0 Å². The fourth-order valence-corrected chi connectivity index (χ4v) is 1.83. The Balaban J connectivity index is 2.69. The summed E-state index contributed by atoms with van der Waals surface area (Å²) in [5.74, 6) is -0.434. The van der Waals surface area contributed by atoms with Crippen molar-refractivity contribution >= 4 is 17.5 Å². The van der Waals surface area contributed by atoms with Gasteiger partial charge in [-0.2, -0.15) is 0 Å². The number of rotatable bonds is 6. The maximum atomic E-state index is 11.3. The molecule has 0 aromatic heterocycles. The first-order valence-electron chi connectivity index (χ1n) is 5.88. The quantitative estimate of drug-likeness (QED) is 0.735. The minimum Gasteiger partial charge on any atom is -0.387 e. The van der Waals surface area contributed by atoms with Gasteiger partial charge in [0.05, 0.1) is 11.6 Å². The van der Waals surface area contributed by atoms with Crippen molar-refractivity contribution in [3.8, 4) is 0 Å². The third kappa shape index (κ3) is 3.45. The third-order valence-electron chi connectivity index (χ3n) is 3.20. The van der Waals surface area contributed by atoms with Crippen LogP contribution in [-0.4, -0.2) is 23.1 Å². The van der Waals surface area contributed by atoms with Crippen LogP contribution in [0.4, 0.5) is 0 Å². The molecule has 0 spiro atoms. The van der Waals surface area contributed by atoms with Gasteiger partial charge in [0.25, 0.3) is 0 Å². The zero-order chi connectivity index (χ0) is 13.8. The Bertz CT molecular complexity index is 425. The number of nitrogens with one attached hydrogen (secondary N) is 1. The van der Waals surface area contributed by atoms with Crippen LogP contribution in [0.5, 0.6) is 0 Å². The van der Waals surface area contributed by atoms with E-state index in [1.807, 2.05) is 6.92 Å². The molecule has 0 aliphatic heterocycles. The molecule has 4 N–H and O–H groups in total. The monoisotopic (exact) mass is 270 g/mol. The number of carbonyl (C=O) groups is 1. The number of hydrogen-bond donors (Lipinski definition) is 3. The normalized spacial score (nSPS) is 16.0. The van der Waals surface area contributed by atoms with Crippen LogP contribution in [0.15, 0.2) is 24.3 Å². The topological polar surface area (TPSA) is 75.3 Å². The van der Waals surface area contributed by atoms with Crippen molar-refractivity contribution < 1.29 is 9.90 Å². The van der Waals surface area contributed by atoms with E-state index in [0.29, 0.717) is 17.0 Å². The van der Waals surface area contributed by atoms with E-state index in [1.165, 1.54) is 0 Å². The Morgan fingerprint density at radius 2 is 2.17 bits per heavy atom. The van der Waals surface area contributed by atoms with Crippen molar-refractivity contribution in [2.75, 3.05) is 6.54 Å². The maximum absolute atomic E-state index is 11.3. The van der Waals surface area contributed by atoms with Gasteiger partial charge in [-0.3, -0.25) is 4.79 Å². The largest absolute Gasteiger partial charge is 0.387 e. The Kier molecular flexibility index (Phi) is 5.14. The summed E-state index contributed by atoms with van der Waals surface area (Å²) in [5, 5.41) is 13.5. The maximum Gasteiger partial charge on any atom is 0.237 e. The summed E-state index contributed by atoms with van der Waals surface area (Å²) in [7, 11) is 0. The molecule has 0 heterocycles. The number of hydrogen-bond acceptors (Lipinski definition) is 3. The Morgan fingerprint density at radius 3 is 2.67 bits per heavy atom. The standard InChI is InChI=1S/C13H19ClN2O2/c1-3-13(2,12(15)18)16-8-11(17)9-6-4-5-7-10(9)14/h4-7,11,16-17H,3,8H2,1-2H3,(H2,15,18). The average molecular weight is 271 g/mol. The van der Waals surface area contributed by atoms with Crippen LogP contribution in [0.1, 0.15) is 31.9 Å². The summed E-state index contributed by atoms with van der Waals surface area (Å²) in [6.45, 7) is 3.80. The summed E-state index contributed by atoms with van der Waals surface area (Å²) < 4.78 is 0. The molecule has 0 fully saturated rings. The van der Waals surface area contributed by atoms with Gasteiger partial charge >= 0.3 is 0 Å². The summed E-state index contributed by atoms with van der Waals surface area (Å²) >= 11 is 5.99. The Hall–Kier alpha value is -1.10. The molecule has 5 heteroatoms. The van der Waals surface area contributed by atoms with Gasteiger partial charge in [0, 0.05) is 17.1 Å². The van der Waals surface area contributed by atoms with E-state index in [1.54, 1.807) is 31.2 Å². The molecule has 1 rings (SSSR count). The van der Waals surface area contributed by atoms with Crippen molar-refractivity contribution in [1.82, 2.24) is 5.32 Å². The number of aliphatic hydroxyl groups is 1. The number of amides is 1. The second-order valence-electron chi connectivity index (χ2n) is 4.47. The number of aliphatic hydroxyl groups excluding tert-OH is 1. The zero-order valence-electron chi connectivity index (χ0n) is 10.6. The van der Waals surface area contributed by atoms with Crippen LogP contribution in [0.2, 0.25) is 5.02 Å². The number of primary amides is 1. The predicted octanol–water partition coefficient (Wildman–Crippen LogP) is 1.62. The first kappa shape index (κ1) is 15.0. The van der Waals surface area contributed by atoms with E-state index in [4.69, 9.17) is 17.3 Å². The first-order valence-corrected chi connectivity index (χ1v) is 6.26. The second kappa shape index (κ2) is 6.18. The van der Waals surface area contributed by atoms with E-state index in [9.17, 15) is 9.90 Å². The fraction of sp³-hybridized carbons (Fsp3) is 0.462. The van der Waals surface area contributed by atoms with Crippen LogP contribution >= 0.6 is 11.6 Å². The van der Waals surface area contributed by atoms with Gasteiger partial charge in [-0.15, -0.1) is 0 Å². The minimum atomic E-state index is -0.817. The highest BCUT2D eigenvalue weighted by Crippen LogP contribution is 2.22. The second-order valence-corrected chi connectivity index (χ2v) is 4.88. The van der Waals surface area contributed by atoms with Gasteiger partial charge in [0.15, 0.2) is 0 Å². The lowest BCUT2D eigenvalue weighted by Gasteiger charge is -2.27. The highest BCUT2D eigenvalue weighted by atomic mass is 35.5. The van der Waals surface area contributed by atoms with Crippen LogP contribution < -0.4 is 11.1 Å². The van der Waals surface area contributed by atoms with Crippen molar-refractivity contribution in [1.29, 1.82) is 0 Å². The smallest absolute Gasteiger partial charge is 0.237 e. The van der Waals surface area contributed by atoms with E-state index in [-0.39, 0.29) is 6.54 Å². The van der Waals surface area contributed by atoms with Crippen LogP contribution in [0.3, 0.4) is 0 Å². The molecule has 1 aromatic rings. The molecule has 0 saturated carbocycles. The molecule has 0 bridgehead atoms. The summed E-state index contributed by atoms with van der Waals surface area (Å²) in [6.07, 6.45) is -0.221. The molecular formula is C13H19ClN2O2. The van der Waals surface area contributed by atoms with E-state index >= 15 is 0 Å². The lowest BCUT2D eigenvalue weighted by molar-refractivity contribution is -0.124. The first-order chi connectivity index (χ1) is 8.40. The molecule has 100 valence electrons. The molecule has 0 aliphatic carbocycles.